The number of benzene rings is 1. The molecule has 4 aliphatic rings. The van der Waals surface area contributed by atoms with Gasteiger partial charge in [-0.25, -0.2) is 0 Å². The van der Waals surface area contributed by atoms with Gasteiger partial charge in [-0.1, -0.05) is 68.0 Å². The minimum Gasteiger partial charge on any atom is -0.465 e. The van der Waals surface area contributed by atoms with E-state index in [0.717, 1.165) is 37.7 Å². The van der Waals surface area contributed by atoms with Crippen molar-refractivity contribution in [2.24, 2.45) is 11.8 Å². The topological polar surface area (TPSA) is 96.4 Å². The number of carbonyl (C=O) groups is 3. The van der Waals surface area contributed by atoms with Crippen molar-refractivity contribution in [1.29, 1.82) is 0 Å². The van der Waals surface area contributed by atoms with Crippen LogP contribution in [0.2, 0.25) is 0 Å². The van der Waals surface area contributed by atoms with Crippen molar-refractivity contribution in [3.8, 4) is 0 Å². The van der Waals surface area contributed by atoms with Crippen molar-refractivity contribution >= 4 is 17.8 Å². The molecule has 2 saturated heterocycles. The molecule has 38 heavy (non-hydrogen) atoms. The Hall–Kier alpha value is -2.97. The SMILES string of the molecule is CCCCN1CC=C[C@]23O[C@]4(C)/C=C\CCCCOC(=O)[C@@H]4[C@H]2C(=O)N([C@H](CO)c2ccccc2)C3C1=O. The molecule has 8 heteroatoms. The number of likely N-dealkylation sites (tertiary alicyclic amines) is 1. The number of hydrogen-bond donors (Lipinski definition) is 1. The first-order chi connectivity index (χ1) is 18.4. The van der Waals surface area contributed by atoms with Gasteiger partial charge in [-0.3, -0.25) is 14.4 Å². The lowest BCUT2D eigenvalue weighted by Crippen LogP contribution is -2.57. The zero-order chi connectivity index (χ0) is 26.9. The molecule has 4 heterocycles. The fraction of sp³-hybridized carbons (Fsp3) is 0.567. The predicted molar refractivity (Wildman–Crippen MR) is 141 cm³/mol. The summed E-state index contributed by atoms with van der Waals surface area (Å²) < 4.78 is 12.5. The van der Waals surface area contributed by atoms with E-state index in [9.17, 15) is 19.5 Å². The fourth-order valence-corrected chi connectivity index (χ4v) is 6.70. The molecule has 4 aliphatic heterocycles. The number of aliphatic hydroxyl groups excluding tert-OH is 1. The molecule has 0 aliphatic carbocycles. The molecule has 204 valence electrons. The molecule has 0 aromatic heterocycles. The summed E-state index contributed by atoms with van der Waals surface area (Å²) in [7, 11) is 0. The normalized spacial score (nSPS) is 34.7. The molecule has 1 unspecified atom stereocenters. The molecule has 8 nitrogen and oxygen atoms in total. The first-order valence-corrected chi connectivity index (χ1v) is 13.9. The summed E-state index contributed by atoms with van der Waals surface area (Å²) in [6, 6.07) is 7.44. The van der Waals surface area contributed by atoms with Crippen LogP contribution in [0.1, 0.15) is 57.6 Å². The summed E-state index contributed by atoms with van der Waals surface area (Å²) in [6.45, 7) is 4.75. The minimum atomic E-state index is -1.37. The van der Waals surface area contributed by atoms with Gasteiger partial charge in [-0.15, -0.1) is 0 Å². The third-order valence-corrected chi connectivity index (χ3v) is 8.50. The predicted octanol–water partition coefficient (Wildman–Crippen LogP) is 3.17. The van der Waals surface area contributed by atoms with Gasteiger partial charge in [0.1, 0.15) is 17.6 Å². The monoisotopic (exact) mass is 522 g/mol. The highest BCUT2D eigenvalue weighted by molar-refractivity contribution is 5.99. The molecule has 6 atom stereocenters. The van der Waals surface area contributed by atoms with Crippen LogP contribution in [0.5, 0.6) is 0 Å². The van der Waals surface area contributed by atoms with Gasteiger partial charge in [-0.05, 0) is 38.2 Å². The maximum absolute atomic E-state index is 14.5. The summed E-state index contributed by atoms with van der Waals surface area (Å²) in [5, 5.41) is 10.6. The van der Waals surface area contributed by atoms with E-state index in [1.165, 1.54) is 4.90 Å². The molecule has 5 rings (SSSR count). The maximum atomic E-state index is 14.5. The molecular weight excluding hydrogens is 484 g/mol. The Balaban J connectivity index is 1.67. The molecule has 0 bridgehead atoms. The third kappa shape index (κ3) is 4.28. The highest BCUT2D eigenvalue weighted by Gasteiger charge is 2.75. The van der Waals surface area contributed by atoms with Crippen LogP contribution < -0.4 is 0 Å². The third-order valence-electron chi connectivity index (χ3n) is 8.50. The van der Waals surface area contributed by atoms with Crippen molar-refractivity contribution in [2.45, 2.75) is 69.2 Å². The number of nitrogens with zero attached hydrogens (tertiary/aromatic N) is 2. The molecule has 0 radical (unpaired) electrons. The smallest absolute Gasteiger partial charge is 0.313 e. The van der Waals surface area contributed by atoms with E-state index in [0.29, 0.717) is 13.1 Å². The second kappa shape index (κ2) is 10.7. The molecule has 1 aromatic carbocycles. The van der Waals surface area contributed by atoms with Crippen LogP contribution in [0.25, 0.3) is 0 Å². The van der Waals surface area contributed by atoms with E-state index in [1.807, 2.05) is 61.6 Å². The number of hydrogen-bond acceptors (Lipinski definition) is 6. The lowest BCUT2D eigenvalue weighted by atomic mass is 9.74. The first-order valence-electron chi connectivity index (χ1n) is 13.9. The Bertz CT molecular complexity index is 1120. The number of ether oxygens (including phenoxy) is 2. The highest BCUT2D eigenvalue weighted by atomic mass is 16.6. The Morgan fingerprint density at radius 2 is 1.84 bits per heavy atom. The van der Waals surface area contributed by atoms with Gasteiger partial charge >= 0.3 is 5.97 Å². The maximum Gasteiger partial charge on any atom is 0.313 e. The fourth-order valence-electron chi connectivity index (χ4n) is 6.70. The Morgan fingerprint density at radius 3 is 2.58 bits per heavy atom. The summed E-state index contributed by atoms with van der Waals surface area (Å²) in [6.07, 6.45) is 11.8. The average molecular weight is 523 g/mol. The number of cyclic esters (lactones) is 1. The van der Waals surface area contributed by atoms with Gasteiger partial charge in [0.25, 0.3) is 0 Å². The second-order valence-electron chi connectivity index (χ2n) is 11.0. The van der Waals surface area contributed by atoms with Crippen LogP contribution in [-0.4, -0.2) is 76.2 Å². The molecule has 2 amide bonds. The van der Waals surface area contributed by atoms with E-state index >= 15 is 0 Å². The minimum absolute atomic E-state index is 0.224. The van der Waals surface area contributed by atoms with E-state index < -0.39 is 41.1 Å². The Labute approximate surface area is 224 Å². The van der Waals surface area contributed by atoms with Gasteiger partial charge in [0.05, 0.1) is 30.8 Å². The molecule has 1 N–H and O–H groups in total. The summed E-state index contributed by atoms with van der Waals surface area (Å²) >= 11 is 0. The number of fused-ring (bicyclic) bond motifs is 2. The van der Waals surface area contributed by atoms with Crippen molar-refractivity contribution in [3.63, 3.8) is 0 Å². The van der Waals surface area contributed by atoms with Crippen molar-refractivity contribution in [3.05, 3.63) is 60.2 Å². The van der Waals surface area contributed by atoms with Crippen LogP contribution in [0.4, 0.5) is 0 Å². The van der Waals surface area contributed by atoms with Gasteiger partial charge in [0.15, 0.2) is 0 Å². The Morgan fingerprint density at radius 1 is 1.05 bits per heavy atom. The number of amides is 2. The summed E-state index contributed by atoms with van der Waals surface area (Å²) in [4.78, 5) is 45.7. The number of carbonyl (C=O) groups excluding carboxylic acids is 3. The summed E-state index contributed by atoms with van der Waals surface area (Å²) in [5.41, 5.74) is -1.77. The number of rotatable bonds is 6. The van der Waals surface area contributed by atoms with E-state index in [2.05, 4.69) is 6.92 Å². The van der Waals surface area contributed by atoms with Gasteiger partial charge in [0, 0.05) is 13.1 Å². The van der Waals surface area contributed by atoms with Crippen LogP contribution in [0.3, 0.4) is 0 Å². The van der Waals surface area contributed by atoms with E-state index in [-0.39, 0.29) is 25.0 Å². The first kappa shape index (κ1) is 26.6. The lowest BCUT2D eigenvalue weighted by Gasteiger charge is -2.40. The van der Waals surface area contributed by atoms with E-state index in [1.54, 1.807) is 4.90 Å². The van der Waals surface area contributed by atoms with Crippen LogP contribution in [0, 0.1) is 11.8 Å². The molecule has 2 fully saturated rings. The molecular formula is C30H38N2O6. The van der Waals surface area contributed by atoms with Gasteiger partial charge in [0.2, 0.25) is 11.8 Å². The van der Waals surface area contributed by atoms with Crippen LogP contribution >= 0.6 is 0 Å². The van der Waals surface area contributed by atoms with Gasteiger partial charge < -0.3 is 24.4 Å². The summed E-state index contributed by atoms with van der Waals surface area (Å²) in [5.74, 6) is -2.96. The zero-order valence-corrected chi connectivity index (χ0v) is 22.3. The van der Waals surface area contributed by atoms with E-state index in [4.69, 9.17) is 9.47 Å². The average Bonchev–Trinajstić information content (AvgIpc) is 3.24. The number of aliphatic hydroxyl groups is 1. The Kier molecular flexibility index (Phi) is 7.47. The van der Waals surface area contributed by atoms with Crippen molar-refractivity contribution in [1.82, 2.24) is 9.80 Å². The van der Waals surface area contributed by atoms with Crippen molar-refractivity contribution in [2.75, 3.05) is 26.3 Å². The number of esters is 1. The van der Waals surface area contributed by atoms with Gasteiger partial charge in [-0.2, -0.15) is 0 Å². The quantitative estimate of drug-likeness (QED) is 0.456. The van der Waals surface area contributed by atoms with Crippen molar-refractivity contribution < 1.29 is 29.0 Å². The number of unbranched alkanes of at least 4 members (excludes halogenated alkanes) is 1. The molecule has 0 saturated carbocycles. The standard InChI is InChI=1S/C30H38N2O6/c1-3-4-17-31-18-12-16-30-23(24-28(36)37-19-11-6-5-10-15-29(24,2)38-30)26(34)32(25(30)27(31)35)22(20-33)21-13-8-7-9-14-21/h7-10,12-16,22-25,33H,3-6,11,17-20H2,1-2H3/b15-10-/t22-,23+,24+,25?,29-,30+/m1/s1. The highest BCUT2D eigenvalue weighted by Crippen LogP contribution is 2.58. The molecule has 1 spiro atoms. The largest absolute Gasteiger partial charge is 0.465 e. The van der Waals surface area contributed by atoms with Crippen LogP contribution in [-0.2, 0) is 23.9 Å². The lowest BCUT2D eigenvalue weighted by molar-refractivity contribution is -0.161. The second-order valence-corrected chi connectivity index (χ2v) is 11.0. The van der Waals surface area contributed by atoms with Crippen LogP contribution in [0.15, 0.2) is 54.6 Å². The zero-order valence-electron chi connectivity index (χ0n) is 22.3. The molecule has 1 aromatic rings. The number of allylic oxidation sites excluding steroid dienone is 1.